The minimum Gasteiger partial charge on any atom is -0.332 e. The number of nitrogens with zero attached hydrogens (tertiary/aromatic N) is 3. The lowest BCUT2D eigenvalue weighted by Crippen LogP contribution is -2.48. The summed E-state index contributed by atoms with van der Waals surface area (Å²) in [6, 6.07) is 9.52. The number of hydrogen-bond donors (Lipinski definition) is 0. The zero-order valence-electron chi connectivity index (χ0n) is 15.4. The second kappa shape index (κ2) is 7.03. The van der Waals surface area contributed by atoms with Crippen molar-refractivity contribution in [2.45, 2.75) is 38.8 Å². The molecule has 1 saturated heterocycles. The minimum absolute atomic E-state index is 0.0871. The molecule has 1 saturated carbocycles. The Morgan fingerprint density at radius 1 is 1.22 bits per heavy atom. The van der Waals surface area contributed by atoms with Crippen LogP contribution in [0.25, 0.3) is 0 Å². The highest BCUT2D eigenvalue weighted by Crippen LogP contribution is 2.34. The first-order chi connectivity index (χ1) is 12.9. The molecule has 7 heteroatoms. The molecule has 1 unspecified atom stereocenters. The Morgan fingerprint density at radius 3 is 2.56 bits per heavy atom. The van der Waals surface area contributed by atoms with Crippen molar-refractivity contribution in [2.75, 3.05) is 21.4 Å². The van der Waals surface area contributed by atoms with Crippen LogP contribution in [0.3, 0.4) is 0 Å². The van der Waals surface area contributed by atoms with E-state index in [1.807, 2.05) is 30.9 Å². The average molecular weight is 387 g/mol. The zero-order chi connectivity index (χ0) is 19.1. The van der Waals surface area contributed by atoms with Crippen molar-refractivity contribution in [1.29, 1.82) is 0 Å². The van der Waals surface area contributed by atoms with Crippen molar-refractivity contribution in [2.24, 2.45) is 0 Å². The minimum atomic E-state index is -1.11. The quantitative estimate of drug-likeness (QED) is 0.810. The van der Waals surface area contributed by atoms with Gasteiger partial charge >= 0.3 is 0 Å². The molecule has 1 aliphatic heterocycles. The third-order valence-electron chi connectivity index (χ3n) is 4.92. The van der Waals surface area contributed by atoms with Gasteiger partial charge in [-0.3, -0.25) is 9.00 Å². The normalized spacial score (nSPS) is 22.1. The molecular formula is C20H22FN3O2S. The first-order valence-electron chi connectivity index (χ1n) is 9.08. The Balaban J connectivity index is 1.67. The Hall–Kier alpha value is -2.28. The van der Waals surface area contributed by atoms with Crippen molar-refractivity contribution in [1.82, 2.24) is 4.98 Å². The van der Waals surface area contributed by atoms with Gasteiger partial charge < -0.3 is 9.80 Å². The number of amides is 1. The molecule has 1 aromatic carbocycles. The third kappa shape index (κ3) is 3.74. The van der Waals surface area contributed by atoms with Gasteiger partial charge in [0.05, 0.1) is 11.6 Å². The second-order valence-electron chi connectivity index (χ2n) is 7.28. The van der Waals surface area contributed by atoms with Crippen LogP contribution < -0.4 is 9.80 Å². The van der Waals surface area contributed by atoms with E-state index in [1.54, 1.807) is 17.0 Å². The summed E-state index contributed by atoms with van der Waals surface area (Å²) in [5, 5.41) is 0. The summed E-state index contributed by atoms with van der Waals surface area (Å²) in [7, 11) is -1.11. The van der Waals surface area contributed by atoms with E-state index in [1.165, 1.54) is 12.1 Å². The smallest absolute Gasteiger partial charge is 0.250 e. The number of aromatic nitrogens is 1. The molecule has 0 N–H and O–H groups in total. The first kappa shape index (κ1) is 18.1. The van der Waals surface area contributed by atoms with Gasteiger partial charge in [-0.1, -0.05) is 0 Å². The van der Waals surface area contributed by atoms with Gasteiger partial charge in [0.15, 0.2) is 0 Å². The van der Waals surface area contributed by atoms with E-state index < -0.39 is 16.8 Å². The van der Waals surface area contributed by atoms with Crippen LogP contribution in [0.1, 0.15) is 24.1 Å². The van der Waals surface area contributed by atoms with E-state index in [-0.39, 0.29) is 23.5 Å². The number of carbonyl (C=O) groups excluding carboxylic acids is 1. The zero-order valence-corrected chi connectivity index (χ0v) is 16.2. The average Bonchev–Trinajstić information content (AvgIpc) is 3.36. The van der Waals surface area contributed by atoms with Crippen molar-refractivity contribution < 1.29 is 13.4 Å². The molecule has 0 radical (unpaired) electrons. The number of anilines is 2. The van der Waals surface area contributed by atoms with E-state index in [0.717, 1.165) is 24.1 Å². The summed E-state index contributed by atoms with van der Waals surface area (Å²) in [4.78, 5) is 21.6. The number of benzene rings is 1. The van der Waals surface area contributed by atoms with Gasteiger partial charge in [0.2, 0.25) is 0 Å². The Labute approximate surface area is 160 Å². The van der Waals surface area contributed by atoms with Crippen molar-refractivity contribution in [3.8, 4) is 0 Å². The molecule has 5 nitrogen and oxygen atoms in total. The van der Waals surface area contributed by atoms with Crippen LogP contribution in [0.5, 0.6) is 0 Å². The number of aryl methyl sites for hydroxylation is 2. The molecule has 1 aliphatic carbocycles. The highest BCUT2D eigenvalue weighted by molar-refractivity contribution is 7.85. The number of hydrogen-bond acceptors (Lipinski definition) is 4. The third-order valence-corrected chi connectivity index (χ3v) is 6.17. The fraction of sp³-hybridized carbons (Fsp3) is 0.400. The second-order valence-corrected chi connectivity index (χ2v) is 8.75. The Morgan fingerprint density at radius 2 is 1.93 bits per heavy atom. The fourth-order valence-electron chi connectivity index (χ4n) is 3.57. The van der Waals surface area contributed by atoms with E-state index >= 15 is 0 Å². The molecule has 27 heavy (non-hydrogen) atoms. The molecule has 1 amide bonds. The van der Waals surface area contributed by atoms with Crippen molar-refractivity contribution in [3.63, 3.8) is 0 Å². The predicted molar refractivity (Wildman–Crippen MR) is 105 cm³/mol. The topological polar surface area (TPSA) is 53.5 Å². The van der Waals surface area contributed by atoms with Crippen LogP contribution in [0, 0.1) is 19.7 Å². The largest absolute Gasteiger partial charge is 0.332 e. The molecule has 1 aromatic heterocycles. The van der Waals surface area contributed by atoms with Crippen LogP contribution in [0.4, 0.5) is 15.9 Å². The molecule has 2 aliphatic rings. The Bertz CT molecular complexity index is 878. The summed E-state index contributed by atoms with van der Waals surface area (Å²) in [6.07, 6.45) is 1.86. The summed E-state index contributed by atoms with van der Waals surface area (Å²) in [5.74, 6) is 0.860. The van der Waals surface area contributed by atoms with Gasteiger partial charge in [-0.15, -0.1) is 0 Å². The van der Waals surface area contributed by atoms with Gasteiger partial charge in [0, 0.05) is 28.2 Å². The van der Waals surface area contributed by atoms with E-state index in [4.69, 9.17) is 0 Å². The van der Waals surface area contributed by atoms with Gasteiger partial charge in [-0.25, -0.2) is 9.37 Å². The summed E-state index contributed by atoms with van der Waals surface area (Å²) < 4.78 is 25.6. The standard InChI is InChI=1S/C20H22FN3O2S/c1-13-9-14(2)22-19(10-13)23-12-27(26)11-18(23)20(25)24(17-7-8-17)16-5-3-15(21)4-6-16/h3-6,9-10,17-18H,7-8,11-12H2,1-2H3/t18-,27?/m0/s1. The Kier molecular flexibility index (Phi) is 4.72. The monoisotopic (exact) mass is 387 g/mol. The SMILES string of the molecule is Cc1cc(C)nc(N2CS(=O)C[C@H]2C(=O)N(c2ccc(F)cc2)C2CC2)c1. The lowest BCUT2D eigenvalue weighted by atomic mass is 10.2. The van der Waals surface area contributed by atoms with Crippen LogP contribution in [-0.2, 0) is 15.6 Å². The summed E-state index contributed by atoms with van der Waals surface area (Å²) in [5.41, 5.74) is 2.61. The molecule has 2 heterocycles. The van der Waals surface area contributed by atoms with Crippen LogP contribution >= 0.6 is 0 Å². The lowest BCUT2D eigenvalue weighted by molar-refractivity contribution is -0.119. The molecule has 2 fully saturated rings. The number of rotatable bonds is 4. The van der Waals surface area contributed by atoms with Crippen molar-refractivity contribution in [3.05, 3.63) is 53.5 Å². The maximum Gasteiger partial charge on any atom is 0.250 e. The van der Waals surface area contributed by atoms with Gasteiger partial charge in [0.25, 0.3) is 5.91 Å². The highest BCUT2D eigenvalue weighted by atomic mass is 32.2. The van der Waals surface area contributed by atoms with Gasteiger partial charge in [-0.05, 0) is 68.7 Å². The summed E-state index contributed by atoms with van der Waals surface area (Å²) >= 11 is 0. The van der Waals surface area contributed by atoms with Crippen LogP contribution in [-0.4, -0.2) is 38.8 Å². The fourth-order valence-corrected chi connectivity index (χ4v) is 4.98. The van der Waals surface area contributed by atoms with Gasteiger partial charge in [-0.2, -0.15) is 0 Å². The molecule has 2 atom stereocenters. The molecular weight excluding hydrogens is 365 g/mol. The first-order valence-corrected chi connectivity index (χ1v) is 10.6. The van der Waals surface area contributed by atoms with E-state index in [0.29, 0.717) is 17.4 Å². The van der Waals surface area contributed by atoms with E-state index in [2.05, 4.69) is 4.98 Å². The predicted octanol–water partition coefficient (Wildman–Crippen LogP) is 2.93. The maximum atomic E-state index is 13.4. The van der Waals surface area contributed by atoms with E-state index in [9.17, 15) is 13.4 Å². The number of carbonyl (C=O) groups is 1. The molecule has 0 spiro atoms. The number of halogens is 1. The van der Waals surface area contributed by atoms with Gasteiger partial charge in [0.1, 0.15) is 17.7 Å². The van der Waals surface area contributed by atoms with Crippen LogP contribution in [0.2, 0.25) is 0 Å². The maximum absolute atomic E-state index is 13.4. The van der Waals surface area contributed by atoms with Crippen LogP contribution in [0.15, 0.2) is 36.4 Å². The van der Waals surface area contributed by atoms with Crippen molar-refractivity contribution >= 4 is 28.2 Å². The number of pyridine rings is 1. The lowest BCUT2D eigenvalue weighted by Gasteiger charge is -2.30. The molecule has 4 rings (SSSR count). The highest BCUT2D eigenvalue weighted by Gasteiger charge is 2.43. The molecule has 2 aromatic rings. The molecule has 142 valence electrons. The molecule has 0 bridgehead atoms. The summed E-state index contributed by atoms with van der Waals surface area (Å²) in [6.45, 7) is 3.90.